The summed E-state index contributed by atoms with van der Waals surface area (Å²) in [5.41, 5.74) is 8.43. The minimum atomic E-state index is 0.0445. The Morgan fingerprint density at radius 3 is 2.43 bits per heavy atom. The lowest BCUT2D eigenvalue weighted by Gasteiger charge is -2.23. The van der Waals surface area contributed by atoms with Crippen LogP contribution in [0.15, 0.2) is 0 Å². The van der Waals surface area contributed by atoms with Gasteiger partial charge in [-0.2, -0.15) is 5.10 Å². The van der Waals surface area contributed by atoms with E-state index < -0.39 is 0 Å². The van der Waals surface area contributed by atoms with E-state index in [1.807, 2.05) is 39.6 Å². The highest BCUT2D eigenvalue weighted by Crippen LogP contribution is 2.22. The molecule has 0 unspecified atom stereocenters. The molecule has 0 aromatic carbocycles. The van der Waals surface area contributed by atoms with Crippen molar-refractivity contribution in [1.82, 2.24) is 10.2 Å². The molecule has 21 heavy (non-hydrogen) atoms. The van der Waals surface area contributed by atoms with E-state index in [1.54, 1.807) is 0 Å². The molecule has 0 saturated heterocycles. The van der Waals surface area contributed by atoms with E-state index in [4.69, 9.17) is 15.9 Å². The molecular weight excluding hydrogens is 266 g/mol. The Bertz CT molecular complexity index is 487. The Hall–Kier alpha value is -1.69. The average Bonchev–Trinajstić information content (AvgIpc) is 2.44. The molecule has 1 aromatic rings. The second-order valence-electron chi connectivity index (χ2n) is 5.29. The quantitative estimate of drug-likeness (QED) is 0.563. The number of aryl methyl sites for hydroxylation is 1. The van der Waals surface area contributed by atoms with Crippen molar-refractivity contribution < 1.29 is 4.74 Å². The molecule has 6 heteroatoms. The summed E-state index contributed by atoms with van der Waals surface area (Å²) in [5, 5.41) is 16.4. The maximum Gasteiger partial charge on any atom is 0.162 e. The van der Waals surface area contributed by atoms with Gasteiger partial charge in [-0.05, 0) is 32.3 Å². The molecule has 0 bridgehead atoms. The Labute approximate surface area is 127 Å². The summed E-state index contributed by atoms with van der Waals surface area (Å²) in [4.78, 5) is 1.95. The summed E-state index contributed by atoms with van der Waals surface area (Å²) in [5.74, 6) is 0.701. The maximum atomic E-state index is 7.88. The van der Waals surface area contributed by atoms with Gasteiger partial charge < -0.3 is 15.4 Å². The zero-order chi connectivity index (χ0) is 16.0. The van der Waals surface area contributed by atoms with Gasteiger partial charge in [0.1, 0.15) is 5.84 Å². The fourth-order valence-corrected chi connectivity index (χ4v) is 2.24. The molecule has 1 aromatic heterocycles. The van der Waals surface area contributed by atoms with Crippen molar-refractivity contribution in [2.75, 3.05) is 25.1 Å². The Morgan fingerprint density at radius 1 is 1.29 bits per heavy atom. The summed E-state index contributed by atoms with van der Waals surface area (Å²) >= 11 is 0. The number of nitrogens with one attached hydrogen (secondary N) is 1. The predicted molar refractivity (Wildman–Crippen MR) is 86.2 cm³/mol. The van der Waals surface area contributed by atoms with E-state index in [0.717, 1.165) is 24.1 Å². The number of hydrogen-bond acceptors (Lipinski definition) is 5. The number of hydrogen-bond donors (Lipinski definition) is 2. The first-order valence-corrected chi connectivity index (χ1v) is 7.47. The van der Waals surface area contributed by atoms with Gasteiger partial charge in [0.25, 0.3) is 0 Å². The SMILES string of the molecule is CCc1nnc(N(C)CCOC(C)C)c(C(=N)N)c1CC. The Balaban J connectivity index is 3.08. The second-order valence-corrected chi connectivity index (χ2v) is 5.29. The smallest absolute Gasteiger partial charge is 0.162 e. The maximum absolute atomic E-state index is 7.88. The van der Waals surface area contributed by atoms with Gasteiger partial charge >= 0.3 is 0 Å². The highest BCUT2D eigenvalue weighted by molar-refractivity contribution is 6.01. The number of likely N-dealkylation sites (N-methyl/N-ethyl adjacent to an activating group) is 1. The summed E-state index contributed by atoms with van der Waals surface area (Å²) < 4.78 is 5.56. The van der Waals surface area contributed by atoms with Crippen LogP contribution in [0.2, 0.25) is 0 Å². The van der Waals surface area contributed by atoms with Crippen LogP contribution in [0.3, 0.4) is 0 Å². The van der Waals surface area contributed by atoms with Crippen molar-refractivity contribution in [3.05, 3.63) is 16.8 Å². The zero-order valence-corrected chi connectivity index (χ0v) is 13.7. The van der Waals surface area contributed by atoms with Crippen LogP contribution in [0, 0.1) is 5.41 Å². The van der Waals surface area contributed by atoms with Crippen molar-refractivity contribution in [2.45, 2.75) is 46.6 Å². The summed E-state index contributed by atoms with van der Waals surface area (Å²) in [7, 11) is 1.92. The standard InChI is InChI=1S/C15H27N5O/c1-6-11-12(7-2)18-19-15(13(11)14(16)17)20(5)8-9-21-10(3)4/h10H,6-9H2,1-5H3,(H3,16,17). The third-order valence-electron chi connectivity index (χ3n) is 3.34. The molecule has 0 spiro atoms. The molecule has 6 nitrogen and oxygen atoms in total. The first-order chi connectivity index (χ1) is 9.92. The molecule has 0 atom stereocenters. The molecule has 0 amide bonds. The number of anilines is 1. The van der Waals surface area contributed by atoms with Crippen LogP contribution in [0.1, 0.15) is 44.5 Å². The van der Waals surface area contributed by atoms with E-state index in [1.165, 1.54) is 0 Å². The van der Waals surface area contributed by atoms with Gasteiger partial charge in [-0.25, -0.2) is 0 Å². The zero-order valence-electron chi connectivity index (χ0n) is 13.7. The molecule has 1 rings (SSSR count). The molecule has 0 aliphatic carbocycles. The molecule has 118 valence electrons. The highest BCUT2D eigenvalue weighted by Gasteiger charge is 2.19. The van der Waals surface area contributed by atoms with Gasteiger partial charge in [0, 0.05) is 13.6 Å². The fourth-order valence-electron chi connectivity index (χ4n) is 2.24. The topological polar surface area (TPSA) is 88.1 Å². The Morgan fingerprint density at radius 2 is 1.95 bits per heavy atom. The van der Waals surface area contributed by atoms with Crippen LogP contribution in [-0.4, -0.2) is 42.3 Å². The van der Waals surface area contributed by atoms with Gasteiger partial charge in [-0.1, -0.05) is 13.8 Å². The number of amidine groups is 1. The third-order valence-corrected chi connectivity index (χ3v) is 3.34. The van der Waals surface area contributed by atoms with Gasteiger partial charge in [-0.15, -0.1) is 5.10 Å². The summed E-state index contributed by atoms with van der Waals surface area (Å²) in [6.45, 7) is 9.38. The van der Waals surface area contributed by atoms with Crippen molar-refractivity contribution in [3.8, 4) is 0 Å². The van der Waals surface area contributed by atoms with Gasteiger partial charge in [0.2, 0.25) is 0 Å². The van der Waals surface area contributed by atoms with Crippen LogP contribution < -0.4 is 10.6 Å². The van der Waals surface area contributed by atoms with Gasteiger partial charge in [-0.3, -0.25) is 5.41 Å². The van der Waals surface area contributed by atoms with Crippen LogP contribution in [0.4, 0.5) is 5.82 Å². The molecule has 3 N–H and O–H groups in total. The molecule has 0 radical (unpaired) electrons. The van der Waals surface area contributed by atoms with E-state index in [0.29, 0.717) is 24.5 Å². The molecule has 1 heterocycles. The number of ether oxygens (including phenoxy) is 1. The van der Waals surface area contributed by atoms with Crippen LogP contribution in [0.5, 0.6) is 0 Å². The van der Waals surface area contributed by atoms with E-state index in [2.05, 4.69) is 10.2 Å². The molecule has 0 fully saturated rings. The Kier molecular flexibility index (Phi) is 6.55. The van der Waals surface area contributed by atoms with Crippen LogP contribution >= 0.6 is 0 Å². The largest absolute Gasteiger partial charge is 0.384 e. The molecular formula is C15H27N5O. The third kappa shape index (κ3) is 4.39. The van der Waals surface area contributed by atoms with Crippen molar-refractivity contribution >= 4 is 11.7 Å². The summed E-state index contributed by atoms with van der Waals surface area (Å²) in [6.07, 6.45) is 1.78. The monoisotopic (exact) mass is 293 g/mol. The second kappa shape index (κ2) is 7.93. The number of rotatable bonds is 8. The summed E-state index contributed by atoms with van der Waals surface area (Å²) in [6, 6.07) is 0. The van der Waals surface area contributed by atoms with Crippen molar-refractivity contribution in [3.63, 3.8) is 0 Å². The first-order valence-electron chi connectivity index (χ1n) is 7.47. The molecule has 0 aliphatic rings. The number of nitrogen functional groups attached to an aromatic ring is 1. The fraction of sp³-hybridized carbons (Fsp3) is 0.667. The van der Waals surface area contributed by atoms with Crippen LogP contribution in [0.25, 0.3) is 0 Å². The van der Waals surface area contributed by atoms with Crippen molar-refractivity contribution in [1.29, 1.82) is 5.41 Å². The van der Waals surface area contributed by atoms with E-state index in [9.17, 15) is 0 Å². The normalized spacial score (nSPS) is 11.0. The van der Waals surface area contributed by atoms with Crippen molar-refractivity contribution in [2.24, 2.45) is 5.73 Å². The van der Waals surface area contributed by atoms with Gasteiger partial charge in [0.15, 0.2) is 5.82 Å². The highest BCUT2D eigenvalue weighted by atomic mass is 16.5. The predicted octanol–water partition coefficient (Wildman–Crippen LogP) is 1.75. The van der Waals surface area contributed by atoms with E-state index in [-0.39, 0.29) is 11.9 Å². The van der Waals surface area contributed by atoms with Crippen LogP contribution in [-0.2, 0) is 17.6 Å². The lowest BCUT2D eigenvalue weighted by atomic mass is 10.0. The van der Waals surface area contributed by atoms with E-state index >= 15 is 0 Å². The average molecular weight is 293 g/mol. The lowest BCUT2D eigenvalue weighted by Crippen LogP contribution is -2.29. The molecule has 0 aliphatic heterocycles. The minimum absolute atomic E-state index is 0.0445. The molecule has 0 saturated carbocycles. The number of nitrogens with two attached hydrogens (primary N) is 1. The number of aromatic nitrogens is 2. The minimum Gasteiger partial charge on any atom is -0.384 e. The number of nitrogens with zero attached hydrogens (tertiary/aromatic N) is 3. The first kappa shape index (κ1) is 17.4. The lowest BCUT2D eigenvalue weighted by molar-refractivity contribution is 0.0845. The van der Waals surface area contributed by atoms with Gasteiger partial charge in [0.05, 0.1) is 24.0 Å².